The van der Waals surface area contributed by atoms with E-state index in [0.717, 1.165) is 15.9 Å². The molecule has 0 amide bonds. The van der Waals surface area contributed by atoms with E-state index in [1.54, 1.807) is 18.2 Å². The molecule has 0 fully saturated rings. The molecule has 0 bridgehead atoms. The van der Waals surface area contributed by atoms with E-state index < -0.39 is 65.3 Å². The second-order valence-electron chi connectivity index (χ2n) is 11.4. The first kappa shape index (κ1) is 37.0. The molecule has 252 valence electrons. The monoisotopic (exact) mass is 700 g/mol. The fourth-order valence-corrected chi connectivity index (χ4v) is 11.1. The Labute approximate surface area is 253 Å². The van der Waals surface area contributed by atoms with E-state index >= 15 is 0 Å². The van der Waals surface area contributed by atoms with Gasteiger partial charge in [0.2, 0.25) is 0 Å². The summed E-state index contributed by atoms with van der Waals surface area (Å²) >= 11 is 0. The molecular formula is C30H30F13PS. The Morgan fingerprint density at radius 3 is 1.38 bits per heavy atom. The summed E-state index contributed by atoms with van der Waals surface area (Å²) < 4.78 is 177. The summed E-state index contributed by atoms with van der Waals surface area (Å²) in [7, 11) is -5.25. The van der Waals surface area contributed by atoms with Gasteiger partial charge >= 0.3 is 240 Å². The van der Waals surface area contributed by atoms with Crippen LogP contribution in [0.15, 0.2) is 84.9 Å². The van der Waals surface area contributed by atoms with Gasteiger partial charge in [0.15, 0.2) is 0 Å². The van der Waals surface area contributed by atoms with Gasteiger partial charge in [-0.1, -0.05) is 0 Å². The van der Waals surface area contributed by atoms with Crippen LogP contribution in [0.25, 0.3) is 0 Å². The molecule has 0 aromatic heterocycles. The molecule has 0 unspecified atom stereocenters. The molecule has 0 saturated carbocycles. The van der Waals surface area contributed by atoms with Crippen molar-refractivity contribution in [1.29, 1.82) is 0 Å². The fourth-order valence-electron chi connectivity index (χ4n) is 5.01. The van der Waals surface area contributed by atoms with Crippen LogP contribution in [0, 0.1) is 0 Å². The third-order valence-electron chi connectivity index (χ3n) is 7.77. The number of rotatable bonds is 12. The molecule has 3 aromatic carbocycles. The van der Waals surface area contributed by atoms with Gasteiger partial charge in [-0.25, -0.2) is 0 Å². The molecule has 0 aliphatic heterocycles. The molecule has 45 heavy (non-hydrogen) atoms. The molecule has 3 rings (SSSR count). The Morgan fingerprint density at radius 2 is 0.933 bits per heavy atom. The molecule has 0 nitrogen and oxygen atoms in total. The predicted molar refractivity (Wildman–Crippen MR) is 156 cm³/mol. The zero-order valence-corrected chi connectivity index (χ0v) is 25.8. The fraction of sp³-hybridized carbons (Fsp3) is 0.400. The summed E-state index contributed by atoms with van der Waals surface area (Å²) in [5.74, 6) is -37.7. The Hall–Kier alpha value is -2.47. The Bertz CT molecular complexity index is 1400. The van der Waals surface area contributed by atoms with Gasteiger partial charge in [-0.05, 0) is 0 Å². The van der Waals surface area contributed by atoms with Crippen molar-refractivity contribution in [3.8, 4) is 0 Å². The normalized spacial score (nSPS) is 15.2. The van der Waals surface area contributed by atoms with Crippen LogP contribution in [-0.4, -0.2) is 60.7 Å². The van der Waals surface area contributed by atoms with E-state index in [2.05, 4.69) is 0 Å². The number of alkyl halides is 13. The van der Waals surface area contributed by atoms with Crippen LogP contribution in [0.1, 0.15) is 12.0 Å². The van der Waals surface area contributed by atoms with Crippen LogP contribution >= 0.6 is 17.3 Å². The summed E-state index contributed by atoms with van der Waals surface area (Å²) in [6.45, 7) is 2.05. The molecule has 3 aromatic rings. The van der Waals surface area contributed by atoms with Gasteiger partial charge in [-0.3, -0.25) is 0 Å². The van der Waals surface area contributed by atoms with E-state index in [1.165, 1.54) is 12.5 Å². The molecule has 0 spiro atoms. The van der Waals surface area contributed by atoms with E-state index in [9.17, 15) is 57.1 Å². The summed E-state index contributed by atoms with van der Waals surface area (Å²) in [6, 6.07) is 25.7. The maximum atomic E-state index is 14.6. The van der Waals surface area contributed by atoms with E-state index in [-0.39, 0.29) is 5.75 Å². The van der Waals surface area contributed by atoms with E-state index in [1.807, 2.05) is 73.4 Å². The van der Waals surface area contributed by atoms with Crippen molar-refractivity contribution in [1.82, 2.24) is 0 Å². The van der Waals surface area contributed by atoms with Crippen LogP contribution in [0.5, 0.6) is 0 Å². The number of hydrogen-bond acceptors (Lipinski definition) is 0. The standard InChI is InChI=1S/C30H30F13PS/c1-44(22-13-6-4-7-14-22,23-15-8-5-9-16-23)24-17-11-10-12-21(24)20-45(2,3)19-18-25(31,32)26(33,34)27(35,36)28(37,38)29(39,40)30(41,42)43/h4-17,44H,18-20H2,1-3H3. The van der Waals surface area contributed by atoms with Crippen molar-refractivity contribution in [2.45, 2.75) is 48.0 Å². The van der Waals surface area contributed by atoms with Gasteiger partial charge in [-0.2, -0.15) is 13.2 Å². The Morgan fingerprint density at radius 1 is 0.533 bits per heavy atom. The summed E-state index contributed by atoms with van der Waals surface area (Å²) in [6.07, 6.45) is -6.79. The van der Waals surface area contributed by atoms with Gasteiger partial charge < -0.3 is 0 Å². The first-order valence-corrected chi connectivity index (χ1v) is 18.5. The molecule has 0 saturated heterocycles. The van der Waals surface area contributed by atoms with Gasteiger partial charge in [0.1, 0.15) is 0 Å². The zero-order chi connectivity index (χ0) is 34.3. The van der Waals surface area contributed by atoms with Gasteiger partial charge in [0.05, 0.1) is 0 Å². The number of halogens is 13. The second-order valence-corrected chi connectivity index (χ2v) is 19.6. The minimum atomic E-state index is -7.89. The molecule has 0 heterocycles. The van der Waals surface area contributed by atoms with Crippen molar-refractivity contribution in [3.05, 3.63) is 90.5 Å². The average Bonchev–Trinajstić information content (AvgIpc) is 2.96. The number of hydrogen-bond donors (Lipinski definition) is 0. The Kier molecular flexibility index (Phi) is 10.1. The smallest absolute Gasteiger partial charge is 0.165 e. The molecule has 0 aliphatic carbocycles. The maximum absolute atomic E-state index is 14.6. The molecule has 0 aliphatic rings. The zero-order valence-electron chi connectivity index (χ0n) is 24.0. The predicted octanol–water partition coefficient (Wildman–Crippen LogP) is 9.04. The molecule has 15 heteroatoms. The summed E-state index contributed by atoms with van der Waals surface area (Å²) in [4.78, 5) is 0. The third kappa shape index (κ3) is 6.55. The second kappa shape index (κ2) is 12.3. The van der Waals surface area contributed by atoms with Crippen LogP contribution in [0.2, 0.25) is 0 Å². The number of benzene rings is 3. The molecule has 0 radical (unpaired) electrons. The molecule has 0 atom stereocenters. The van der Waals surface area contributed by atoms with Gasteiger partial charge in [-0.15, -0.1) is 0 Å². The van der Waals surface area contributed by atoms with Gasteiger partial charge in [0.25, 0.3) is 0 Å². The van der Waals surface area contributed by atoms with Gasteiger partial charge in [0, 0.05) is 0 Å². The van der Waals surface area contributed by atoms with Crippen molar-refractivity contribution in [2.75, 3.05) is 24.9 Å². The van der Waals surface area contributed by atoms with Crippen molar-refractivity contribution < 1.29 is 57.1 Å². The summed E-state index contributed by atoms with van der Waals surface area (Å²) in [5, 5.41) is 2.78. The third-order valence-corrected chi connectivity index (χ3v) is 14.7. The first-order valence-electron chi connectivity index (χ1n) is 13.2. The summed E-state index contributed by atoms with van der Waals surface area (Å²) in [5.41, 5.74) is 0.635. The van der Waals surface area contributed by atoms with Crippen LogP contribution in [-0.2, 0) is 5.75 Å². The molecule has 0 N–H and O–H groups in total. The van der Waals surface area contributed by atoms with Crippen molar-refractivity contribution >= 4 is 33.2 Å². The topological polar surface area (TPSA) is 0 Å². The quantitative estimate of drug-likeness (QED) is 0.131. The minimum Gasteiger partial charge on any atom is -0.165 e. The average molecular weight is 701 g/mol. The van der Waals surface area contributed by atoms with Crippen LogP contribution in [0.4, 0.5) is 57.1 Å². The van der Waals surface area contributed by atoms with Crippen molar-refractivity contribution in [3.63, 3.8) is 0 Å². The first-order chi connectivity index (χ1) is 20.4. The minimum absolute atomic E-state index is 0.00816. The van der Waals surface area contributed by atoms with Crippen molar-refractivity contribution in [2.24, 2.45) is 0 Å². The van der Waals surface area contributed by atoms with E-state index in [0.29, 0.717) is 5.56 Å². The SMILES string of the molecule is C[PH](c1ccccc1)(c1ccccc1)c1ccccc1CS(C)(C)CCC(F)(F)C(F)(F)C(F)(F)C(F)(F)C(F)(F)C(F)(F)F. The van der Waals surface area contributed by atoms with Crippen LogP contribution in [0.3, 0.4) is 0 Å². The Balaban J connectivity index is 1.95. The van der Waals surface area contributed by atoms with Crippen LogP contribution < -0.4 is 15.9 Å². The van der Waals surface area contributed by atoms with E-state index in [4.69, 9.17) is 0 Å². The molecular weight excluding hydrogens is 670 g/mol.